The topological polar surface area (TPSA) is 88.7 Å². The smallest absolute Gasteiger partial charge is 0.354 e. The predicted molar refractivity (Wildman–Crippen MR) is 109 cm³/mol. The number of carbonyl (C=O) groups is 3. The van der Waals surface area contributed by atoms with Gasteiger partial charge in [0.25, 0.3) is 5.91 Å². The number of nitrogens with zero attached hydrogens (tertiary/aromatic N) is 1. The first kappa shape index (κ1) is 23.3. The summed E-state index contributed by atoms with van der Waals surface area (Å²) in [4.78, 5) is 42.6. The van der Waals surface area contributed by atoms with E-state index in [1.807, 2.05) is 0 Å². The molecule has 1 amide bonds. The molecule has 0 unspecified atom stereocenters. The lowest BCUT2D eigenvalue weighted by Gasteiger charge is -2.29. The molecule has 2 rings (SSSR count). The number of aryl methyl sites for hydroxylation is 1. The number of amides is 1. The molecule has 2 aromatic rings. The predicted octanol–water partition coefficient (Wildman–Crippen LogP) is 3.31. The lowest BCUT2D eigenvalue weighted by molar-refractivity contribution is 0.0591. The van der Waals surface area contributed by atoms with Gasteiger partial charge in [-0.05, 0) is 51.0 Å². The zero-order chi connectivity index (χ0) is 22.4. The molecule has 0 fully saturated rings. The van der Waals surface area contributed by atoms with Crippen LogP contribution in [0.5, 0.6) is 0 Å². The number of esters is 1. The number of hydrogen-bond acceptors (Lipinski definition) is 5. The largest absolute Gasteiger partial charge is 0.464 e. The molecule has 1 aromatic heterocycles. The summed E-state index contributed by atoms with van der Waals surface area (Å²) in [6, 6.07) is 4.52. The van der Waals surface area contributed by atoms with Gasteiger partial charge < -0.3 is 19.4 Å². The maximum absolute atomic E-state index is 13.6. The molecule has 162 valence electrons. The van der Waals surface area contributed by atoms with E-state index in [4.69, 9.17) is 9.47 Å². The third-order valence-electron chi connectivity index (χ3n) is 5.00. The molecule has 0 aliphatic heterocycles. The van der Waals surface area contributed by atoms with Gasteiger partial charge in [0.2, 0.25) is 0 Å². The zero-order valence-corrected chi connectivity index (χ0v) is 17.9. The van der Waals surface area contributed by atoms with Crippen LogP contribution in [0.15, 0.2) is 24.3 Å². The molecule has 1 N–H and O–H groups in total. The molecule has 0 saturated carbocycles. The molecule has 0 spiro atoms. The number of Topliss-reactive ketones (excluding diaryl/α,β-unsaturated/α-hetero) is 1. The van der Waals surface area contributed by atoms with E-state index in [1.54, 1.807) is 27.9 Å². The van der Waals surface area contributed by atoms with Crippen molar-refractivity contribution in [1.29, 1.82) is 0 Å². The summed E-state index contributed by atoms with van der Waals surface area (Å²) in [5.41, 5.74) is 1.68. The van der Waals surface area contributed by atoms with Crippen molar-refractivity contribution in [2.24, 2.45) is 0 Å². The molecular weight excluding hydrogens is 391 g/mol. The second-order valence-electron chi connectivity index (χ2n) is 7.01. The Morgan fingerprint density at radius 3 is 2.50 bits per heavy atom. The molecule has 30 heavy (non-hydrogen) atoms. The van der Waals surface area contributed by atoms with Crippen molar-refractivity contribution in [1.82, 2.24) is 9.88 Å². The maximum Gasteiger partial charge on any atom is 0.354 e. The number of methoxy groups -OCH3 is 2. The van der Waals surface area contributed by atoms with Crippen molar-refractivity contribution in [3.63, 3.8) is 0 Å². The van der Waals surface area contributed by atoms with Crippen LogP contribution in [0, 0.1) is 19.7 Å². The van der Waals surface area contributed by atoms with Crippen LogP contribution in [0.1, 0.15) is 55.8 Å². The number of ketones is 1. The summed E-state index contributed by atoms with van der Waals surface area (Å²) >= 11 is 0. The van der Waals surface area contributed by atoms with Gasteiger partial charge in [-0.15, -0.1) is 0 Å². The van der Waals surface area contributed by atoms with Gasteiger partial charge in [0.1, 0.15) is 11.5 Å². The van der Waals surface area contributed by atoms with Crippen molar-refractivity contribution in [3.8, 4) is 0 Å². The Kier molecular flexibility index (Phi) is 7.88. The average Bonchev–Trinajstić information content (AvgIpc) is 3.03. The van der Waals surface area contributed by atoms with Gasteiger partial charge >= 0.3 is 5.97 Å². The SMILES string of the molecule is COCCCN(C(=O)c1cccc(F)c1)[C@H](C)C(=O)c1c(C)[nH]c(C(=O)OC)c1C. The number of aromatic amines is 1. The van der Waals surface area contributed by atoms with Crippen molar-refractivity contribution in [3.05, 3.63) is 58.2 Å². The maximum atomic E-state index is 13.6. The number of rotatable bonds is 9. The number of ether oxygens (including phenoxy) is 2. The Morgan fingerprint density at radius 1 is 1.20 bits per heavy atom. The first-order valence-corrected chi connectivity index (χ1v) is 9.60. The molecule has 1 atom stereocenters. The van der Waals surface area contributed by atoms with E-state index in [9.17, 15) is 18.8 Å². The lowest BCUT2D eigenvalue weighted by Crippen LogP contribution is -2.44. The number of H-pyrrole nitrogens is 1. The average molecular weight is 418 g/mol. The zero-order valence-electron chi connectivity index (χ0n) is 17.9. The number of carbonyl (C=O) groups excluding carboxylic acids is 3. The highest BCUT2D eigenvalue weighted by Gasteiger charge is 2.31. The van der Waals surface area contributed by atoms with Crippen LogP contribution in [-0.2, 0) is 9.47 Å². The second kappa shape index (κ2) is 10.2. The third-order valence-corrected chi connectivity index (χ3v) is 5.00. The van der Waals surface area contributed by atoms with Gasteiger partial charge in [-0.3, -0.25) is 9.59 Å². The number of benzene rings is 1. The Balaban J connectivity index is 2.39. The highest BCUT2D eigenvalue weighted by molar-refractivity contribution is 6.07. The quantitative estimate of drug-likeness (QED) is 0.383. The minimum Gasteiger partial charge on any atom is -0.464 e. The fraction of sp³-hybridized carbons (Fsp3) is 0.409. The van der Waals surface area contributed by atoms with Crippen molar-refractivity contribution >= 4 is 17.7 Å². The van der Waals surface area contributed by atoms with Crippen molar-refractivity contribution in [2.45, 2.75) is 33.2 Å². The fourth-order valence-corrected chi connectivity index (χ4v) is 3.41. The molecular formula is C22H27FN2O5. The molecule has 0 aliphatic carbocycles. The van der Waals surface area contributed by atoms with E-state index in [2.05, 4.69) is 4.98 Å². The van der Waals surface area contributed by atoms with E-state index in [1.165, 1.54) is 30.2 Å². The summed E-state index contributed by atoms with van der Waals surface area (Å²) in [6.07, 6.45) is 0.508. The van der Waals surface area contributed by atoms with E-state index < -0.39 is 23.7 Å². The number of nitrogens with one attached hydrogen (secondary N) is 1. The van der Waals surface area contributed by atoms with Gasteiger partial charge in [0.15, 0.2) is 5.78 Å². The summed E-state index contributed by atoms with van der Waals surface area (Å²) < 4.78 is 23.4. The number of aromatic nitrogens is 1. The summed E-state index contributed by atoms with van der Waals surface area (Å²) in [6.45, 7) is 5.61. The van der Waals surface area contributed by atoms with Gasteiger partial charge in [-0.1, -0.05) is 6.07 Å². The van der Waals surface area contributed by atoms with Gasteiger partial charge in [-0.25, -0.2) is 9.18 Å². The molecule has 1 aromatic carbocycles. The summed E-state index contributed by atoms with van der Waals surface area (Å²) in [5, 5.41) is 0. The van der Waals surface area contributed by atoms with Crippen molar-refractivity contribution < 1.29 is 28.2 Å². The Bertz CT molecular complexity index is 938. The van der Waals surface area contributed by atoms with Gasteiger partial charge in [-0.2, -0.15) is 0 Å². The normalized spacial score (nSPS) is 11.8. The van der Waals surface area contributed by atoms with Crippen LogP contribution in [0.25, 0.3) is 0 Å². The number of hydrogen-bond donors (Lipinski definition) is 1. The van der Waals surface area contributed by atoms with Crippen LogP contribution in [-0.4, -0.2) is 61.0 Å². The van der Waals surface area contributed by atoms with Gasteiger partial charge in [0.05, 0.1) is 13.2 Å². The van der Waals surface area contributed by atoms with Crippen molar-refractivity contribution in [2.75, 3.05) is 27.4 Å². The highest BCUT2D eigenvalue weighted by Crippen LogP contribution is 2.23. The van der Waals surface area contributed by atoms with Crippen LogP contribution in [0.3, 0.4) is 0 Å². The van der Waals surface area contributed by atoms with E-state index in [0.717, 1.165) is 6.07 Å². The van der Waals surface area contributed by atoms with E-state index >= 15 is 0 Å². The van der Waals surface area contributed by atoms with E-state index in [-0.39, 0.29) is 23.6 Å². The minimum absolute atomic E-state index is 0.157. The van der Waals surface area contributed by atoms with Crippen LogP contribution >= 0.6 is 0 Å². The standard InChI is InChI=1S/C22H27FN2O5/c1-13-18(14(2)24-19(13)22(28)30-5)20(26)15(3)25(10-7-11-29-4)21(27)16-8-6-9-17(23)12-16/h6,8-9,12,15,24H,7,10-11H2,1-5H3/t15-/m1/s1. The monoisotopic (exact) mass is 418 g/mol. The summed E-state index contributed by atoms with van der Waals surface area (Å²) in [7, 11) is 2.81. The van der Waals surface area contributed by atoms with E-state index in [0.29, 0.717) is 29.8 Å². The molecule has 1 heterocycles. The third kappa shape index (κ3) is 4.94. The first-order chi connectivity index (χ1) is 14.2. The molecule has 0 radical (unpaired) electrons. The molecule has 0 bridgehead atoms. The first-order valence-electron chi connectivity index (χ1n) is 9.60. The molecule has 7 nitrogen and oxygen atoms in total. The highest BCUT2D eigenvalue weighted by atomic mass is 19.1. The minimum atomic E-state index is -0.837. The number of halogens is 1. The summed E-state index contributed by atoms with van der Waals surface area (Å²) in [5.74, 6) is -1.88. The molecule has 0 saturated heterocycles. The van der Waals surface area contributed by atoms with Crippen LogP contribution in [0.4, 0.5) is 4.39 Å². The van der Waals surface area contributed by atoms with Gasteiger partial charge in [0, 0.05) is 37.1 Å². The Hall–Kier alpha value is -3.00. The Morgan fingerprint density at radius 2 is 1.90 bits per heavy atom. The Labute approximate surface area is 175 Å². The molecule has 0 aliphatic rings. The fourth-order valence-electron chi connectivity index (χ4n) is 3.41. The lowest BCUT2D eigenvalue weighted by atomic mass is 9.99. The van der Waals surface area contributed by atoms with Crippen LogP contribution in [0.2, 0.25) is 0 Å². The second-order valence-corrected chi connectivity index (χ2v) is 7.01. The van der Waals surface area contributed by atoms with Crippen LogP contribution < -0.4 is 0 Å². The molecule has 8 heteroatoms.